The van der Waals surface area contributed by atoms with Crippen molar-refractivity contribution in [3.05, 3.63) is 33.9 Å². The van der Waals surface area contributed by atoms with Gasteiger partial charge in [-0.25, -0.2) is 9.59 Å². The number of hydrogen-bond acceptors (Lipinski definition) is 7. The molecular formula is C13H12F3N3O7. The Hall–Kier alpha value is -3.38. The van der Waals surface area contributed by atoms with E-state index in [1.54, 1.807) is 0 Å². The Morgan fingerprint density at radius 1 is 1.27 bits per heavy atom. The van der Waals surface area contributed by atoms with Crippen LogP contribution in [0, 0.1) is 10.1 Å². The summed E-state index contributed by atoms with van der Waals surface area (Å²) in [7, 11) is 1.19. The standard InChI is InChI=1S/C13H12F3N3O7/c1-25-9-3-2-7(19(23)24)4-8(9)11(21)26-5-10(20)18-12(22)17-6-13(14,15)16/h2-4H,5-6H2,1H3,(H2,17,18,20,22). The Morgan fingerprint density at radius 3 is 2.46 bits per heavy atom. The lowest BCUT2D eigenvalue weighted by Crippen LogP contribution is -2.44. The molecule has 0 unspecified atom stereocenters. The molecule has 0 atom stereocenters. The molecule has 0 aromatic heterocycles. The van der Waals surface area contributed by atoms with Crippen LogP contribution >= 0.6 is 0 Å². The highest BCUT2D eigenvalue weighted by Crippen LogP contribution is 2.24. The topological polar surface area (TPSA) is 137 Å². The van der Waals surface area contributed by atoms with Crippen LogP contribution < -0.4 is 15.4 Å². The molecule has 0 spiro atoms. The van der Waals surface area contributed by atoms with Gasteiger partial charge in [0.05, 0.1) is 12.0 Å². The van der Waals surface area contributed by atoms with E-state index >= 15 is 0 Å². The maximum Gasteiger partial charge on any atom is 0.405 e. The van der Waals surface area contributed by atoms with Crippen molar-refractivity contribution in [1.82, 2.24) is 10.6 Å². The molecule has 0 bridgehead atoms. The van der Waals surface area contributed by atoms with E-state index in [0.717, 1.165) is 18.2 Å². The Labute approximate surface area is 143 Å². The van der Waals surface area contributed by atoms with Gasteiger partial charge < -0.3 is 14.8 Å². The monoisotopic (exact) mass is 379 g/mol. The zero-order chi connectivity index (χ0) is 19.9. The van der Waals surface area contributed by atoms with Gasteiger partial charge in [0.15, 0.2) is 6.61 Å². The molecule has 10 nitrogen and oxygen atoms in total. The Bertz CT molecular complexity index is 721. The van der Waals surface area contributed by atoms with Crippen molar-refractivity contribution in [3.63, 3.8) is 0 Å². The summed E-state index contributed by atoms with van der Waals surface area (Å²) in [5, 5.41) is 13.6. The van der Waals surface area contributed by atoms with E-state index in [1.807, 2.05) is 0 Å². The third kappa shape index (κ3) is 6.62. The van der Waals surface area contributed by atoms with E-state index in [2.05, 4.69) is 4.74 Å². The first-order chi connectivity index (χ1) is 12.0. The number of ether oxygens (including phenoxy) is 2. The van der Waals surface area contributed by atoms with Crippen LogP contribution in [0.25, 0.3) is 0 Å². The molecule has 0 aliphatic carbocycles. The summed E-state index contributed by atoms with van der Waals surface area (Å²) in [6, 6.07) is 1.64. The van der Waals surface area contributed by atoms with Crippen molar-refractivity contribution in [2.24, 2.45) is 0 Å². The van der Waals surface area contributed by atoms with Crippen LogP contribution in [0.1, 0.15) is 10.4 Å². The van der Waals surface area contributed by atoms with E-state index in [1.165, 1.54) is 17.7 Å². The van der Waals surface area contributed by atoms with Gasteiger partial charge in [0.25, 0.3) is 11.6 Å². The minimum absolute atomic E-state index is 0.0658. The van der Waals surface area contributed by atoms with Crippen LogP contribution in [0.3, 0.4) is 0 Å². The number of hydrogen-bond donors (Lipinski definition) is 2. The van der Waals surface area contributed by atoms with Crippen LogP contribution in [0.4, 0.5) is 23.7 Å². The first-order valence-corrected chi connectivity index (χ1v) is 6.67. The molecule has 26 heavy (non-hydrogen) atoms. The molecule has 0 aliphatic heterocycles. The van der Waals surface area contributed by atoms with Gasteiger partial charge >= 0.3 is 18.2 Å². The summed E-state index contributed by atoms with van der Waals surface area (Å²) in [6.45, 7) is -2.67. The highest BCUT2D eigenvalue weighted by molar-refractivity contribution is 5.98. The van der Waals surface area contributed by atoms with Crippen LogP contribution in [0.2, 0.25) is 0 Å². The number of halogens is 3. The fourth-order valence-corrected chi connectivity index (χ4v) is 1.57. The molecule has 3 amide bonds. The minimum Gasteiger partial charge on any atom is -0.496 e. The Morgan fingerprint density at radius 2 is 1.92 bits per heavy atom. The fraction of sp³-hybridized carbons (Fsp3) is 0.308. The van der Waals surface area contributed by atoms with Crippen molar-refractivity contribution in [2.45, 2.75) is 6.18 Å². The second-order valence-corrected chi connectivity index (χ2v) is 4.56. The molecule has 0 saturated carbocycles. The summed E-state index contributed by atoms with van der Waals surface area (Å²) >= 11 is 0. The van der Waals surface area contributed by atoms with Gasteiger partial charge in [0, 0.05) is 12.1 Å². The molecule has 13 heteroatoms. The maximum absolute atomic E-state index is 11.9. The average molecular weight is 379 g/mol. The lowest BCUT2D eigenvalue weighted by Gasteiger charge is -2.10. The van der Waals surface area contributed by atoms with E-state index in [9.17, 15) is 37.7 Å². The molecular weight excluding hydrogens is 367 g/mol. The summed E-state index contributed by atoms with van der Waals surface area (Å²) < 4.78 is 45.1. The lowest BCUT2D eigenvalue weighted by molar-refractivity contribution is -0.384. The Kier molecular flexibility index (Phi) is 6.87. The lowest BCUT2D eigenvalue weighted by atomic mass is 10.2. The highest BCUT2D eigenvalue weighted by atomic mass is 19.4. The number of imide groups is 1. The number of alkyl halides is 3. The predicted octanol–water partition coefficient (Wildman–Crippen LogP) is 1.15. The van der Waals surface area contributed by atoms with Crippen molar-refractivity contribution in [2.75, 3.05) is 20.3 Å². The Balaban J connectivity index is 2.63. The van der Waals surface area contributed by atoms with Crippen molar-refractivity contribution >= 4 is 23.6 Å². The molecule has 0 fully saturated rings. The molecule has 1 aromatic carbocycles. The van der Waals surface area contributed by atoms with Crippen LogP contribution in [-0.4, -0.2) is 49.3 Å². The highest BCUT2D eigenvalue weighted by Gasteiger charge is 2.28. The van der Waals surface area contributed by atoms with Gasteiger partial charge in [-0.1, -0.05) is 0 Å². The quantitative estimate of drug-likeness (QED) is 0.430. The zero-order valence-corrected chi connectivity index (χ0v) is 13.1. The molecule has 1 rings (SSSR count). The number of nitrogens with one attached hydrogen (secondary N) is 2. The summed E-state index contributed by atoms with van der Waals surface area (Å²) in [4.78, 5) is 44.3. The third-order valence-electron chi connectivity index (χ3n) is 2.65. The van der Waals surface area contributed by atoms with E-state index in [-0.39, 0.29) is 11.3 Å². The van der Waals surface area contributed by atoms with Crippen LogP contribution in [0.5, 0.6) is 5.75 Å². The van der Waals surface area contributed by atoms with Gasteiger partial charge in [-0.05, 0) is 6.07 Å². The summed E-state index contributed by atoms with van der Waals surface area (Å²) in [6.07, 6.45) is -4.66. The number of amides is 3. The summed E-state index contributed by atoms with van der Waals surface area (Å²) in [5.41, 5.74) is -0.787. The number of rotatable bonds is 6. The largest absolute Gasteiger partial charge is 0.496 e. The molecule has 0 saturated heterocycles. The third-order valence-corrected chi connectivity index (χ3v) is 2.65. The fourth-order valence-electron chi connectivity index (χ4n) is 1.57. The second kappa shape index (κ2) is 8.64. The number of carbonyl (C=O) groups is 3. The number of carbonyl (C=O) groups excluding carboxylic acids is 3. The minimum atomic E-state index is -4.66. The number of nitrogens with zero attached hydrogens (tertiary/aromatic N) is 1. The number of urea groups is 1. The van der Waals surface area contributed by atoms with Gasteiger partial charge in [0.2, 0.25) is 0 Å². The number of benzene rings is 1. The van der Waals surface area contributed by atoms with Crippen molar-refractivity contribution in [1.29, 1.82) is 0 Å². The predicted molar refractivity (Wildman–Crippen MR) is 77.5 cm³/mol. The normalized spacial score (nSPS) is 10.6. The van der Waals surface area contributed by atoms with Crippen molar-refractivity contribution < 1.29 is 42.0 Å². The molecule has 0 aliphatic rings. The second-order valence-electron chi connectivity index (χ2n) is 4.56. The smallest absolute Gasteiger partial charge is 0.405 e. The molecule has 0 heterocycles. The molecule has 2 N–H and O–H groups in total. The zero-order valence-electron chi connectivity index (χ0n) is 13.1. The summed E-state index contributed by atoms with van der Waals surface area (Å²) in [5.74, 6) is -2.44. The molecule has 1 aromatic rings. The number of nitro benzene ring substituents is 1. The number of methoxy groups -OCH3 is 1. The first-order valence-electron chi connectivity index (χ1n) is 6.67. The first kappa shape index (κ1) is 20.7. The van der Waals surface area contributed by atoms with Crippen LogP contribution in [0.15, 0.2) is 18.2 Å². The van der Waals surface area contributed by atoms with E-state index in [4.69, 9.17) is 4.74 Å². The van der Waals surface area contributed by atoms with Gasteiger partial charge in [-0.3, -0.25) is 20.2 Å². The number of esters is 1. The number of nitro groups is 1. The number of non-ortho nitro benzene ring substituents is 1. The van der Waals surface area contributed by atoms with E-state index in [0.29, 0.717) is 0 Å². The van der Waals surface area contributed by atoms with Gasteiger partial charge in [-0.2, -0.15) is 13.2 Å². The van der Waals surface area contributed by atoms with Gasteiger partial charge in [0.1, 0.15) is 17.9 Å². The van der Waals surface area contributed by atoms with Crippen molar-refractivity contribution in [3.8, 4) is 5.75 Å². The molecule has 0 radical (unpaired) electrons. The SMILES string of the molecule is COc1ccc([N+](=O)[O-])cc1C(=O)OCC(=O)NC(=O)NCC(F)(F)F. The van der Waals surface area contributed by atoms with Gasteiger partial charge in [-0.15, -0.1) is 0 Å². The maximum atomic E-state index is 11.9. The average Bonchev–Trinajstić information content (AvgIpc) is 2.56. The van der Waals surface area contributed by atoms with E-state index < -0.39 is 47.8 Å². The van der Waals surface area contributed by atoms with Crippen LogP contribution in [-0.2, 0) is 9.53 Å². The molecule has 142 valence electrons.